The van der Waals surface area contributed by atoms with E-state index < -0.39 is 0 Å². The number of hydrogen-bond acceptors (Lipinski definition) is 2. The molecule has 0 saturated carbocycles. The molecule has 0 rings (SSSR count). The van der Waals surface area contributed by atoms with Crippen LogP contribution in [0.2, 0.25) is 0 Å². The van der Waals surface area contributed by atoms with Crippen molar-refractivity contribution in [1.82, 2.24) is 0 Å². The Morgan fingerprint density at radius 2 is 1.60 bits per heavy atom. The molecule has 0 saturated heterocycles. The summed E-state index contributed by atoms with van der Waals surface area (Å²) in [5.41, 5.74) is 0. The maximum atomic E-state index is 3.23. The molecule has 0 aromatic rings. The molecular weight excluding hydrogens is 148 g/mol. The van der Waals surface area contributed by atoms with Gasteiger partial charge in [-0.05, 0) is 0 Å². The third kappa shape index (κ3) is 5.35. The zero-order chi connectivity index (χ0) is 4.12. The summed E-state index contributed by atoms with van der Waals surface area (Å²) >= 11 is 0. The summed E-state index contributed by atoms with van der Waals surface area (Å²) in [7, 11) is 10.6. The second-order valence-electron chi connectivity index (χ2n) is 0.287. The van der Waals surface area contributed by atoms with Gasteiger partial charge >= 0.3 is 0 Å². The monoisotopic (exact) mass is 148 g/mol. The topological polar surface area (TPSA) is 0 Å². The highest BCUT2D eigenvalue weighted by Crippen LogP contribution is 1.94. The second-order valence-corrected chi connectivity index (χ2v) is 7.76. The van der Waals surface area contributed by atoms with E-state index in [1.54, 1.807) is 21.3 Å². The van der Waals surface area contributed by atoms with Crippen molar-refractivity contribution in [3.63, 3.8) is 0 Å². The molecule has 0 aromatic carbocycles. The molecule has 0 atom stereocenters. The van der Waals surface area contributed by atoms with Gasteiger partial charge in [0.1, 0.15) is 18.8 Å². The highest BCUT2D eigenvalue weighted by molar-refractivity contribution is 8.63. The molecule has 5 heavy (non-hydrogen) atoms. The normalized spacial score (nSPS) is 8.40. The Balaban J connectivity index is 2.19. The SMILES string of the molecule is [Si]S[Si]S[Si]. The van der Waals surface area contributed by atoms with Crippen LogP contribution < -0.4 is 0 Å². The van der Waals surface area contributed by atoms with E-state index in [0.29, 0.717) is 0 Å². The Kier molecular flexibility index (Phi) is 6.80. The third-order valence-corrected chi connectivity index (χ3v) is 6.75. The summed E-state index contributed by atoms with van der Waals surface area (Å²) in [6.45, 7) is 0. The van der Waals surface area contributed by atoms with E-state index in [9.17, 15) is 0 Å². The van der Waals surface area contributed by atoms with Gasteiger partial charge in [0.15, 0.2) is 7.82 Å². The summed E-state index contributed by atoms with van der Waals surface area (Å²) in [5.74, 6) is 0. The Labute approximate surface area is 48.1 Å². The van der Waals surface area contributed by atoms with Crippen LogP contribution in [0.1, 0.15) is 0 Å². The number of rotatable bonds is 2. The average molecular weight is 148 g/mol. The van der Waals surface area contributed by atoms with E-state index in [-0.39, 0.29) is 0 Å². The van der Waals surface area contributed by atoms with Gasteiger partial charge in [-0.25, -0.2) is 21.3 Å². The lowest BCUT2D eigenvalue weighted by molar-refractivity contribution is 4.71. The van der Waals surface area contributed by atoms with Crippen LogP contribution in [0.3, 0.4) is 0 Å². The molecule has 0 N–H and O–H groups in total. The van der Waals surface area contributed by atoms with E-state index in [1.165, 1.54) is 0 Å². The van der Waals surface area contributed by atoms with Gasteiger partial charge in [0.25, 0.3) is 0 Å². The zero-order valence-corrected chi connectivity index (χ0v) is 6.95. The van der Waals surface area contributed by atoms with Crippen molar-refractivity contribution in [2.75, 3.05) is 0 Å². The second kappa shape index (κ2) is 5.35. The van der Waals surface area contributed by atoms with Crippen LogP contribution in [0.15, 0.2) is 0 Å². The van der Waals surface area contributed by atoms with Crippen LogP contribution in [0.4, 0.5) is 0 Å². The molecule has 0 aliphatic carbocycles. The fourth-order valence-electron chi connectivity index (χ4n) is 0.0208. The van der Waals surface area contributed by atoms with Crippen LogP contribution in [-0.2, 0) is 0 Å². The van der Waals surface area contributed by atoms with Crippen molar-refractivity contribution in [3.8, 4) is 0 Å². The van der Waals surface area contributed by atoms with E-state index in [1.807, 2.05) is 0 Å². The molecule has 8 radical (unpaired) electrons. The molecule has 0 bridgehead atoms. The van der Waals surface area contributed by atoms with Crippen molar-refractivity contribution in [2.45, 2.75) is 0 Å². The van der Waals surface area contributed by atoms with Crippen molar-refractivity contribution in [1.29, 1.82) is 0 Å². The van der Waals surface area contributed by atoms with Gasteiger partial charge in [0, 0.05) is 0 Å². The predicted molar refractivity (Wildman–Crippen MR) is 32.4 cm³/mol. The van der Waals surface area contributed by atoms with Crippen molar-refractivity contribution >= 4 is 47.9 Å². The molecule has 24 valence electrons. The first-order chi connectivity index (χ1) is 2.41. The highest BCUT2D eigenvalue weighted by atomic mass is 32.7. The highest BCUT2D eigenvalue weighted by Gasteiger charge is 1.72. The van der Waals surface area contributed by atoms with Gasteiger partial charge in [-0.2, -0.15) is 0 Å². The van der Waals surface area contributed by atoms with Gasteiger partial charge in [0.05, 0.1) is 0 Å². The van der Waals surface area contributed by atoms with Crippen molar-refractivity contribution in [2.24, 2.45) is 0 Å². The predicted octanol–water partition coefficient (Wildman–Crippen LogP) is 0.154. The average Bonchev–Trinajstić information content (AvgIpc) is 1.41. The standard InChI is InChI=1S/S2Si3/c3-1-5-2-4. The van der Waals surface area contributed by atoms with Crippen LogP contribution in [-0.4, -0.2) is 26.6 Å². The summed E-state index contributed by atoms with van der Waals surface area (Å²) < 4.78 is 0. The summed E-state index contributed by atoms with van der Waals surface area (Å²) in [6, 6.07) is 0. The van der Waals surface area contributed by atoms with Crippen molar-refractivity contribution in [3.05, 3.63) is 0 Å². The fraction of sp³-hybridized carbons (Fsp3) is 0. The van der Waals surface area contributed by atoms with Gasteiger partial charge < -0.3 is 0 Å². The first-order valence-electron chi connectivity index (χ1n) is 0.816. The Morgan fingerprint density at radius 3 is 1.60 bits per heavy atom. The first-order valence-corrected chi connectivity index (χ1v) is 7.35. The minimum atomic E-state index is 0.858. The lowest BCUT2D eigenvalue weighted by atomic mass is 27.4. The van der Waals surface area contributed by atoms with Crippen LogP contribution in [0, 0.1) is 0 Å². The van der Waals surface area contributed by atoms with Gasteiger partial charge in [-0.3, -0.25) is 0 Å². The molecule has 0 heterocycles. The maximum Gasteiger partial charge on any atom is 0.185 e. The minimum absolute atomic E-state index is 0.858. The molecule has 0 amide bonds. The van der Waals surface area contributed by atoms with E-state index in [4.69, 9.17) is 0 Å². The van der Waals surface area contributed by atoms with Gasteiger partial charge in [0.2, 0.25) is 0 Å². The molecule has 0 nitrogen and oxygen atoms in total. The van der Waals surface area contributed by atoms with Crippen LogP contribution in [0.25, 0.3) is 0 Å². The molecule has 0 fully saturated rings. The fourth-order valence-corrected chi connectivity index (χ4v) is 5.06. The largest absolute Gasteiger partial charge is 0.204 e. The Bertz CT molecular complexity index is 12.4. The van der Waals surface area contributed by atoms with E-state index in [2.05, 4.69) is 18.8 Å². The summed E-state index contributed by atoms with van der Waals surface area (Å²) in [6.07, 6.45) is 0. The third-order valence-electron chi connectivity index (χ3n) is 0.0833. The molecular formula is S2Si3. The van der Waals surface area contributed by atoms with E-state index >= 15 is 0 Å². The molecule has 0 unspecified atom stereocenters. The quantitative estimate of drug-likeness (QED) is 0.512. The molecule has 0 aliphatic heterocycles. The Morgan fingerprint density at radius 1 is 1.20 bits per heavy atom. The van der Waals surface area contributed by atoms with Crippen LogP contribution >= 0.6 is 21.3 Å². The maximum absolute atomic E-state index is 3.23. The van der Waals surface area contributed by atoms with Crippen molar-refractivity contribution < 1.29 is 0 Å². The number of hydrogen-bond donors (Lipinski definition) is 0. The minimum Gasteiger partial charge on any atom is -0.204 e. The lowest BCUT2D eigenvalue weighted by Gasteiger charge is -1.76. The summed E-state index contributed by atoms with van der Waals surface area (Å²) in [5, 5.41) is 0. The molecule has 5 heteroatoms. The van der Waals surface area contributed by atoms with E-state index in [0.717, 1.165) is 7.82 Å². The first kappa shape index (κ1) is 6.35. The van der Waals surface area contributed by atoms with Crippen LogP contribution in [0.5, 0.6) is 0 Å². The molecule has 0 aromatic heterocycles. The Hall–Kier alpha value is 1.35. The molecule has 0 aliphatic rings. The smallest absolute Gasteiger partial charge is 0.185 e. The zero-order valence-electron chi connectivity index (χ0n) is 2.32. The van der Waals surface area contributed by atoms with Gasteiger partial charge in [-0.15, -0.1) is 0 Å². The summed E-state index contributed by atoms with van der Waals surface area (Å²) in [4.78, 5) is 0. The molecule has 0 spiro atoms. The lowest BCUT2D eigenvalue weighted by Crippen LogP contribution is -1.67. The van der Waals surface area contributed by atoms with Gasteiger partial charge in [-0.1, -0.05) is 0 Å².